The average Bonchev–Trinajstić information content (AvgIpc) is 3.34. The zero-order chi connectivity index (χ0) is 16.8. The Bertz CT molecular complexity index is 767. The Balaban J connectivity index is 1.47. The van der Waals surface area contributed by atoms with E-state index in [1.807, 2.05) is 6.07 Å². The average molecular weight is 342 g/mol. The predicted molar refractivity (Wildman–Crippen MR) is 86.2 cm³/mol. The number of hydrogen-bond acceptors (Lipinski definition) is 5. The molecule has 0 unspecified atom stereocenters. The van der Waals surface area contributed by atoms with E-state index in [-0.39, 0.29) is 35.3 Å². The Morgan fingerprint density at radius 1 is 1.24 bits per heavy atom. The number of carbonyl (C=O) groups is 1. The van der Waals surface area contributed by atoms with E-state index in [1.165, 1.54) is 0 Å². The van der Waals surface area contributed by atoms with E-state index in [4.69, 9.17) is 18.6 Å². The molecule has 1 aromatic rings. The van der Waals surface area contributed by atoms with Crippen molar-refractivity contribution in [3.8, 4) is 0 Å². The van der Waals surface area contributed by atoms with E-state index in [2.05, 4.69) is 13.0 Å². The van der Waals surface area contributed by atoms with Crippen molar-refractivity contribution in [3.63, 3.8) is 0 Å². The maximum Gasteiger partial charge on any atom is 0.334 e. The Morgan fingerprint density at radius 2 is 2.16 bits per heavy atom. The number of hydrogen-bond donors (Lipinski definition) is 0. The molecule has 0 aromatic carbocycles. The lowest BCUT2D eigenvalue weighted by atomic mass is 9.46. The second-order valence-electron chi connectivity index (χ2n) is 8.48. The van der Waals surface area contributed by atoms with Gasteiger partial charge in [0.05, 0.1) is 24.7 Å². The number of fused-ring (bicyclic) bond motifs is 1. The van der Waals surface area contributed by atoms with E-state index in [0.717, 1.165) is 36.8 Å². The van der Waals surface area contributed by atoms with Crippen molar-refractivity contribution in [2.45, 2.75) is 51.1 Å². The molecule has 1 aromatic heterocycles. The molecule has 1 saturated carbocycles. The normalized spacial score (nSPS) is 50.0. The Hall–Kier alpha value is -1.59. The third kappa shape index (κ3) is 1.56. The summed E-state index contributed by atoms with van der Waals surface area (Å²) in [6.45, 7) is 2.83. The van der Waals surface area contributed by atoms with Crippen LogP contribution < -0.4 is 0 Å². The molecule has 4 fully saturated rings. The minimum atomic E-state index is -0.188. The highest BCUT2D eigenvalue weighted by Crippen LogP contribution is 2.72. The van der Waals surface area contributed by atoms with Crippen LogP contribution in [0.2, 0.25) is 0 Å². The van der Waals surface area contributed by atoms with Gasteiger partial charge in [-0.3, -0.25) is 0 Å². The van der Waals surface area contributed by atoms with Crippen LogP contribution >= 0.6 is 0 Å². The molecule has 0 radical (unpaired) electrons. The molecular weight excluding hydrogens is 320 g/mol. The second kappa shape index (κ2) is 4.57. The summed E-state index contributed by atoms with van der Waals surface area (Å²) in [5, 5.41) is 0. The van der Waals surface area contributed by atoms with Crippen molar-refractivity contribution in [2.75, 3.05) is 6.61 Å². The first kappa shape index (κ1) is 14.6. The van der Waals surface area contributed by atoms with E-state index in [9.17, 15) is 4.79 Å². The van der Waals surface area contributed by atoms with E-state index in [0.29, 0.717) is 18.4 Å². The van der Waals surface area contributed by atoms with E-state index in [1.54, 1.807) is 12.5 Å². The highest BCUT2D eigenvalue weighted by atomic mass is 16.7. The molecule has 25 heavy (non-hydrogen) atoms. The lowest BCUT2D eigenvalue weighted by Gasteiger charge is -2.53. The zero-order valence-corrected chi connectivity index (χ0v) is 14.3. The van der Waals surface area contributed by atoms with E-state index >= 15 is 0 Å². The van der Waals surface area contributed by atoms with Crippen LogP contribution in [-0.2, 0) is 19.0 Å². The minimum absolute atomic E-state index is 0.00896. The number of cyclic esters (lactones) is 1. The van der Waals surface area contributed by atoms with Crippen molar-refractivity contribution in [2.24, 2.45) is 22.7 Å². The van der Waals surface area contributed by atoms with Crippen LogP contribution in [-0.4, -0.2) is 25.0 Å². The van der Waals surface area contributed by atoms with Crippen molar-refractivity contribution < 1.29 is 23.4 Å². The van der Waals surface area contributed by atoms with Gasteiger partial charge in [-0.05, 0) is 43.6 Å². The summed E-state index contributed by atoms with van der Waals surface area (Å²) < 4.78 is 23.6. The largest absolute Gasteiger partial charge is 0.472 e. The third-order valence-corrected chi connectivity index (χ3v) is 7.79. The lowest BCUT2D eigenvalue weighted by Crippen LogP contribution is -2.55. The van der Waals surface area contributed by atoms with Gasteiger partial charge in [0.25, 0.3) is 0 Å². The summed E-state index contributed by atoms with van der Waals surface area (Å²) in [6, 6.07) is 1.98. The summed E-state index contributed by atoms with van der Waals surface area (Å²) in [7, 11) is 0. The lowest BCUT2D eigenvalue weighted by molar-refractivity contribution is -0.151. The van der Waals surface area contributed by atoms with Crippen LogP contribution in [0.5, 0.6) is 0 Å². The zero-order valence-electron chi connectivity index (χ0n) is 14.3. The number of rotatable bonds is 1. The summed E-state index contributed by atoms with van der Waals surface area (Å²) in [5.41, 5.74) is 1.78. The Labute approximate surface area is 146 Å². The molecule has 3 saturated heterocycles. The summed E-state index contributed by atoms with van der Waals surface area (Å²) in [4.78, 5) is 12.3. The molecule has 7 atom stereocenters. The van der Waals surface area contributed by atoms with Gasteiger partial charge in [-0.1, -0.05) is 13.0 Å². The van der Waals surface area contributed by atoms with Gasteiger partial charge in [-0.15, -0.1) is 0 Å². The Kier molecular flexibility index (Phi) is 2.66. The molecule has 4 heterocycles. The van der Waals surface area contributed by atoms with Crippen molar-refractivity contribution in [1.29, 1.82) is 0 Å². The van der Waals surface area contributed by atoms with Gasteiger partial charge in [-0.2, -0.15) is 0 Å². The standard InChI is InChI=1S/C20H22O5/c1-11-14-7-19-10-23-17(21)13(19)3-2-4-16(19)20(11)8-15(25-18(20)24-14)12-5-6-22-9-12/h3,5-6,9,11,14-16,18H,2,4,7-8,10H2,1H3/t11-,14+,15-,16-,18-,19-,20+/m0/s1. The second-order valence-corrected chi connectivity index (χ2v) is 8.48. The van der Waals surface area contributed by atoms with Crippen molar-refractivity contribution in [3.05, 3.63) is 35.8 Å². The van der Waals surface area contributed by atoms with Crippen LogP contribution in [0, 0.1) is 22.7 Å². The summed E-state index contributed by atoms with van der Waals surface area (Å²) >= 11 is 0. The SMILES string of the molecule is C[C@H]1[C@H]2C[C@]34COC(=O)C3=CCC[C@@H]4[C@@]13C[C@@H](c1ccoc1)O[C@@H]3O2. The van der Waals surface area contributed by atoms with Gasteiger partial charge in [0.15, 0.2) is 6.29 Å². The van der Waals surface area contributed by atoms with Gasteiger partial charge >= 0.3 is 5.97 Å². The van der Waals surface area contributed by atoms with Gasteiger partial charge in [-0.25, -0.2) is 4.79 Å². The highest BCUT2D eigenvalue weighted by Gasteiger charge is 2.74. The fraction of sp³-hybridized carbons (Fsp3) is 0.650. The van der Waals surface area contributed by atoms with Crippen LogP contribution in [0.15, 0.2) is 34.7 Å². The molecule has 0 amide bonds. The van der Waals surface area contributed by atoms with Crippen LogP contribution in [0.1, 0.15) is 44.3 Å². The molecule has 3 aliphatic heterocycles. The molecule has 2 spiro atoms. The predicted octanol–water partition coefficient (Wildman–Crippen LogP) is 3.37. The van der Waals surface area contributed by atoms with Crippen molar-refractivity contribution >= 4 is 5.97 Å². The smallest absolute Gasteiger partial charge is 0.334 e. The highest BCUT2D eigenvalue weighted by molar-refractivity contribution is 5.92. The minimum Gasteiger partial charge on any atom is -0.472 e. The summed E-state index contributed by atoms with van der Waals surface area (Å²) in [6.07, 6.45) is 9.40. The summed E-state index contributed by atoms with van der Waals surface area (Å²) in [5.74, 6) is 0.694. The van der Waals surface area contributed by atoms with Crippen LogP contribution in [0.25, 0.3) is 0 Å². The maximum atomic E-state index is 12.3. The van der Waals surface area contributed by atoms with Crippen molar-refractivity contribution in [1.82, 2.24) is 0 Å². The van der Waals surface area contributed by atoms with Gasteiger partial charge in [0.2, 0.25) is 0 Å². The number of esters is 1. The third-order valence-electron chi connectivity index (χ3n) is 7.79. The molecule has 5 heteroatoms. The first-order chi connectivity index (χ1) is 12.1. The topological polar surface area (TPSA) is 57.9 Å². The number of allylic oxidation sites excluding steroid dienone is 1. The molecule has 132 valence electrons. The molecular formula is C20H22O5. The molecule has 2 aliphatic carbocycles. The van der Waals surface area contributed by atoms with Crippen LogP contribution in [0.4, 0.5) is 0 Å². The number of furan rings is 1. The molecule has 0 N–H and O–H groups in total. The number of ether oxygens (including phenoxy) is 3. The Morgan fingerprint density at radius 3 is 3.00 bits per heavy atom. The van der Waals surface area contributed by atoms with Gasteiger partial charge in [0.1, 0.15) is 6.61 Å². The quantitative estimate of drug-likeness (QED) is 0.733. The molecule has 5 aliphatic rings. The molecule has 6 rings (SSSR count). The fourth-order valence-corrected chi connectivity index (χ4v) is 6.68. The van der Waals surface area contributed by atoms with Crippen LogP contribution in [0.3, 0.4) is 0 Å². The van der Waals surface area contributed by atoms with E-state index < -0.39 is 0 Å². The molecule has 5 nitrogen and oxygen atoms in total. The monoisotopic (exact) mass is 342 g/mol. The fourth-order valence-electron chi connectivity index (χ4n) is 6.68. The van der Waals surface area contributed by atoms with Gasteiger partial charge in [0, 0.05) is 22.0 Å². The number of carbonyl (C=O) groups excluding carboxylic acids is 1. The van der Waals surface area contributed by atoms with Gasteiger partial charge < -0.3 is 18.6 Å². The molecule has 2 bridgehead atoms. The first-order valence-electron chi connectivity index (χ1n) is 9.36. The maximum absolute atomic E-state index is 12.3. The first-order valence-corrected chi connectivity index (χ1v) is 9.36.